The topological polar surface area (TPSA) is 29.5 Å². The number of nitrogens with zero attached hydrogens (tertiary/aromatic N) is 1. The van der Waals surface area contributed by atoms with Crippen molar-refractivity contribution in [2.75, 3.05) is 13.1 Å². The van der Waals surface area contributed by atoms with Gasteiger partial charge in [-0.05, 0) is 20.8 Å². The molecule has 14 heavy (non-hydrogen) atoms. The summed E-state index contributed by atoms with van der Waals surface area (Å²) in [5.74, 6) is 0.310. The van der Waals surface area contributed by atoms with Gasteiger partial charge in [-0.2, -0.15) is 0 Å². The Hall–Kier alpha value is -0.570. The first-order chi connectivity index (χ1) is 6.32. The lowest BCUT2D eigenvalue weighted by atomic mass is 10.0. The molecule has 1 rings (SSSR count). The number of carbonyl (C=O) groups excluding carboxylic acids is 1. The zero-order valence-electron chi connectivity index (χ0n) is 9.83. The first kappa shape index (κ1) is 11.5. The highest BCUT2D eigenvalue weighted by Gasteiger charge is 2.34. The monoisotopic (exact) mass is 199 g/mol. The summed E-state index contributed by atoms with van der Waals surface area (Å²) in [6, 6.07) is 0. The number of hydrogen-bond acceptors (Lipinski definition) is 2. The van der Waals surface area contributed by atoms with Gasteiger partial charge in [-0.1, -0.05) is 13.8 Å². The van der Waals surface area contributed by atoms with E-state index >= 15 is 0 Å². The van der Waals surface area contributed by atoms with Crippen molar-refractivity contribution in [2.24, 2.45) is 5.92 Å². The van der Waals surface area contributed by atoms with Crippen LogP contribution in [0.1, 0.15) is 34.6 Å². The van der Waals surface area contributed by atoms with Crippen LogP contribution in [0.3, 0.4) is 0 Å². The molecule has 3 nitrogen and oxygen atoms in total. The molecule has 1 amide bonds. The van der Waals surface area contributed by atoms with Crippen LogP contribution in [-0.4, -0.2) is 35.6 Å². The number of rotatable bonds is 1. The third-order valence-corrected chi connectivity index (χ3v) is 2.37. The molecule has 0 aromatic heterocycles. The highest BCUT2D eigenvalue weighted by atomic mass is 16.5. The lowest BCUT2D eigenvalue weighted by molar-refractivity contribution is -0.160. The summed E-state index contributed by atoms with van der Waals surface area (Å²) in [4.78, 5) is 13.7. The fourth-order valence-corrected chi connectivity index (χ4v) is 1.99. The smallest absolute Gasteiger partial charge is 0.225 e. The number of carbonyl (C=O) groups is 1. The zero-order valence-corrected chi connectivity index (χ0v) is 9.83. The molecule has 1 atom stereocenters. The normalized spacial score (nSPS) is 26.7. The Kier molecular flexibility index (Phi) is 3.20. The van der Waals surface area contributed by atoms with Crippen molar-refractivity contribution in [2.45, 2.75) is 46.3 Å². The van der Waals surface area contributed by atoms with E-state index < -0.39 is 0 Å². The standard InChI is InChI=1S/C11H21NO2/c1-8(2)10(13)12-6-9(3)14-11(4,5)7-12/h8-9H,6-7H2,1-5H3. The summed E-state index contributed by atoms with van der Waals surface area (Å²) < 4.78 is 5.74. The Balaban J connectivity index is 2.67. The largest absolute Gasteiger partial charge is 0.369 e. The van der Waals surface area contributed by atoms with Gasteiger partial charge < -0.3 is 9.64 Å². The minimum Gasteiger partial charge on any atom is -0.369 e. The molecule has 0 aromatic carbocycles. The van der Waals surface area contributed by atoms with Crippen LogP contribution in [0, 0.1) is 5.92 Å². The van der Waals surface area contributed by atoms with Gasteiger partial charge in [0, 0.05) is 19.0 Å². The molecule has 0 saturated carbocycles. The van der Waals surface area contributed by atoms with Gasteiger partial charge in [0.1, 0.15) is 0 Å². The summed E-state index contributed by atoms with van der Waals surface area (Å²) in [6.07, 6.45) is 0.140. The third kappa shape index (κ3) is 2.71. The van der Waals surface area contributed by atoms with Gasteiger partial charge in [-0.15, -0.1) is 0 Å². The van der Waals surface area contributed by atoms with E-state index in [9.17, 15) is 4.79 Å². The molecule has 0 aromatic rings. The predicted molar refractivity (Wildman–Crippen MR) is 56.0 cm³/mol. The Morgan fingerprint density at radius 3 is 2.50 bits per heavy atom. The third-order valence-electron chi connectivity index (χ3n) is 2.37. The SMILES string of the molecule is CC1CN(C(=O)C(C)C)CC(C)(C)O1. The van der Waals surface area contributed by atoms with Crippen LogP contribution in [0.2, 0.25) is 0 Å². The summed E-state index contributed by atoms with van der Waals surface area (Å²) >= 11 is 0. The molecule has 1 aliphatic rings. The maximum absolute atomic E-state index is 11.8. The van der Waals surface area contributed by atoms with Gasteiger partial charge in [0.05, 0.1) is 11.7 Å². The summed E-state index contributed by atoms with van der Waals surface area (Å²) in [5, 5.41) is 0. The van der Waals surface area contributed by atoms with Gasteiger partial charge in [0.2, 0.25) is 5.91 Å². The van der Waals surface area contributed by atoms with E-state index in [1.54, 1.807) is 0 Å². The van der Waals surface area contributed by atoms with E-state index in [-0.39, 0.29) is 23.5 Å². The molecular weight excluding hydrogens is 178 g/mol. The lowest BCUT2D eigenvalue weighted by Gasteiger charge is -2.42. The second-order valence-corrected chi connectivity index (χ2v) is 5.06. The average Bonchev–Trinajstić information content (AvgIpc) is 1.98. The Morgan fingerprint density at radius 2 is 2.07 bits per heavy atom. The second kappa shape index (κ2) is 3.89. The van der Waals surface area contributed by atoms with E-state index in [0.717, 1.165) is 6.54 Å². The molecule has 0 aliphatic carbocycles. The highest BCUT2D eigenvalue weighted by molar-refractivity contribution is 5.78. The van der Waals surface area contributed by atoms with E-state index in [1.165, 1.54) is 0 Å². The van der Waals surface area contributed by atoms with Crippen molar-refractivity contribution in [3.8, 4) is 0 Å². The van der Waals surface area contributed by atoms with E-state index in [2.05, 4.69) is 0 Å². The molecule has 0 bridgehead atoms. The van der Waals surface area contributed by atoms with Crippen LogP contribution in [0.15, 0.2) is 0 Å². The van der Waals surface area contributed by atoms with Crippen LogP contribution >= 0.6 is 0 Å². The van der Waals surface area contributed by atoms with E-state index in [0.29, 0.717) is 6.54 Å². The first-order valence-corrected chi connectivity index (χ1v) is 5.28. The van der Waals surface area contributed by atoms with E-state index in [4.69, 9.17) is 4.74 Å². The maximum Gasteiger partial charge on any atom is 0.225 e. The molecule has 1 aliphatic heterocycles. The molecule has 1 fully saturated rings. The minimum atomic E-state index is -0.206. The summed E-state index contributed by atoms with van der Waals surface area (Å²) in [7, 11) is 0. The fourth-order valence-electron chi connectivity index (χ4n) is 1.99. The molecule has 1 heterocycles. The van der Waals surface area contributed by atoms with Gasteiger partial charge in [0.15, 0.2) is 0 Å². The molecule has 1 saturated heterocycles. The zero-order chi connectivity index (χ0) is 10.9. The molecule has 3 heteroatoms. The van der Waals surface area contributed by atoms with Crippen molar-refractivity contribution in [1.82, 2.24) is 4.90 Å². The van der Waals surface area contributed by atoms with E-state index in [1.807, 2.05) is 39.5 Å². The average molecular weight is 199 g/mol. The molecule has 0 spiro atoms. The van der Waals surface area contributed by atoms with Crippen molar-refractivity contribution in [1.29, 1.82) is 0 Å². The predicted octanol–water partition coefficient (Wildman–Crippen LogP) is 1.67. The highest BCUT2D eigenvalue weighted by Crippen LogP contribution is 2.21. The van der Waals surface area contributed by atoms with Crippen LogP contribution in [-0.2, 0) is 9.53 Å². The maximum atomic E-state index is 11.8. The molecule has 0 N–H and O–H groups in total. The number of ether oxygens (including phenoxy) is 1. The molecule has 1 unspecified atom stereocenters. The minimum absolute atomic E-state index is 0.0797. The van der Waals surface area contributed by atoms with Crippen LogP contribution in [0.25, 0.3) is 0 Å². The van der Waals surface area contributed by atoms with Gasteiger partial charge in [-0.3, -0.25) is 4.79 Å². The quantitative estimate of drug-likeness (QED) is 0.643. The van der Waals surface area contributed by atoms with Gasteiger partial charge in [-0.25, -0.2) is 0 Å². The summed E-state index contributed by atoms with van der Waals surface area (Å²) in [5.41, 5.74) is -0.206. The number of morpholine rings is 1. The number of hydrogen-bond donors (Lipinski definition) is 0. The molecule has 82 valence electrons. The number of amides is 1. The van der Waals surface area contributed by atoms with Crippen molar-refractivity contribution < 1.29 is 9.53 Å². The van der Waals surface area contributed by atoms with Gasteiger partial charge >= 0.3 is 0 Å². The van der Waals surface area contributed by atoms with Crippen molar-refractivity contribution >= 4 is 5.91 Å². The van der Waals surface area contributed by atoms with Crippen molar-refractivity contribution in [3.63, 3.8) is 0 Å². The van der Waals surface area contributed by atoms with Crippen LogP contribution in [0.5, 0.6) is 0 Å². The second-order valence-electron chi connectivity index (χ2n) is 5.06. The molecular formula is C11H21NO2. The Morgan fingerprint density at radius 1 is 1.50 bits per heavy atom. The Labute approximate surface area is 86.4 Å². The Bertz CT molecular complexity index is 223. The summed E-state index contributed by atoms with van der Waals surface area (Å²) in [6.45, 7) is 11.4. The van der Waals surface area contributed by atoms with Gasteiger partial charge in [0.25, 0.3) is 0 Å². The van der Waals surface area contributed by atoms with Crippen LogP contribution < -0.4 is 0 Å². The first-order valence-electron chi connectivity index (χ1n) is 5.28. The van der Waals surface area contributed by atoms with Crippen molar-refractivity contribution in [3.05, 3.63) is 0 Å². The molecule has 0 radical (unpaired) electrons. The lowest BCUT2D eigenvalue weighted by Crippen LogP contribution is -2.54. The van der Waals surface area contributed by atoms with Crippen LogP contribution in [0.4, 0.5) is 0 Å². The fraction of sp³-hybridized carbons (Fsp3) is 0.909.